The van der Waals surface area contributed by atoms with Gasteiger partial charge >= 0.3 is 0 Å². The van der Waals surface area contributed by atoms with Crippen molar-refractivity contribution < 1.29 is 0 Å². The minimum atomic E-state index is -0.214. The molecule has 1 unspecified atom stereocenters. The van der Waals surface area contributed by atoms with Crippen LogP contribution in [0.4, 0.5) is 0 Å². The van der Waals surface area contributed by atoms with Crippen molar-refractivity contribution in [2.45, 2.75) is 18.4 Å². The van der Waals surface area contributed by atoms with Crippen molar-refractivity contribution in [3.63, 3.8) is 0 Å². The first-order valence-electron chi connectivity index (χ1n) is 6.20. The number of likely N-dealkylation sites (tertiary alicyclic amines) is 1. The fraction of sp³-hybridized carbons (Fsp3) is 0.917. The topological polar surface area (TPSA) is 33.5 Å². The third-order valence-corrected chi connectivity index (χ3v) is 3.98. The molecule has 2 aliphatic heterocycles. The molecule has 2 rings (SSSR count). The Hall–Kier alpha value is -0.630. The van der Waals surface area contributed by atoms with Crippen LogP contribution in [0, 0.1) is 11.3 Å². The minimum absolute atomic E-state index is 0.214. The van der Waals surface area contributed by atoms with E-state index in [9.17, 15) is 5.26 Å². The van der Waals surface area contributed by atoms with Gasteiger partial charge in [-0.3, -0.25) is 4.90 Å². The van der Waals surface area contributed by atoms with E-state index in [4.69, 9.17) is 0 Å². The summed E-state index contributed by atoms with van der Waals surface area (Å²) in [4.78, 5) is 7.04. The summed E-state index contributed by atoms with van der Waals surface area (Å²) in [6, 6.07) is 2.60. The lowest BCUT2D eigenvalue weighted by Gasteiger charge is -2.47. The molecule has 0 aromatic heterocycles. The lowest BCUT2D eigenvalue weighted by molar-refractivity contribution is 0.0272. The maximum absolute atomic E-state index is 9.55. The van der Waals surface area contributed by atoms with E-state index in [2.05, 4.69) is 34.9 Å². The number of nitrogens with zero attached hydrogens (tertiary/aromatic N) is 4. The first kappa shape index (κ1) is 11.8. The maximum atomic E-state index is 9.55. The summed E-state index contributed by atoms with van der Waals surface area (Å²) in [5, 5.41) is 9.55. The van der Waals surface area contributed by atoms with Gasteiger partial charge in [0.25, 0.3) is 0 Å². The highest BCUT2D eigenvalue weighted by molar-refractivity contribution is 5.12. The number of piperazine rings is 1. The molecule has 0 radical (unpaired) electrons. The van der Waals surface area contributed by atoms with Gasteiger partial charge < -0.3 is 9.80 Å². The summed E-state index contributed by atoms with van der Waals surface area (Å²) in [6.45, 7) is 6.31. The normalized spacial score (nSPS) is 34.8. The summed E-state index contributed by atoms with van der Waals surface area (Å²) in [5.41, 5.74) is -0.214. The third kappa shape index (κ3) is 2.22. The van der Waals surface area contributed by atoms with Crippen LogP contribution in [0.25, 0.3) is 0 Å². The van der Waals surface area contributed by atoms with E-state index >= 15 is 0 Å². The second-order valence-electron chi connectivity index (χ2n) is 5.28. The van der Waals surface area contributed by atoms with Crippen LogP contribution >= 0.6 is 0 Å². The van der Waals surface area contributed by atoms with Gasteiger partial charge in [-0.15, -0.1) is 0 Å². The highest BCUT2D eigenvalue weighted by Crippen LogP contribution is 2.27. The fourth-order valence-corrected chi connectivity index (χ4v) is 2.90. The van der Waals surface area contributed by atoms with Crippen molar-refractivity contribution in [2.24, 2.45) is 0 Å². The number of likely N-dealkylation sites (N-methyl/N-ethyl adjacent to an activating group) is 2. The Morgan fingerprint density at radius 2 is 1.69 bits per heavy atom. The number of hydrogen-bond acceptors (Lipinski definition) is 4. The molecule has 0 saturated carbocycles. The quantitative estimate of drug-likeness (QED) is 0.635. The van der Waals surface area contributed by atoms with E-state index in [1.165, 1.54) is 0 Å². The predicted octanol–water partition coefficient (Wildman–Crippen LogP) is 0.222. The van der Waals surface area contributed by atoms with E-state index in [-0.39, 0.29) is 5.54 Å². The highest BCUT2D eigenvalue weighted by Gasteiger charge is 2.40. The van der Waals surface area contributed by atoms with Gasteiger partial charge in [-0.2, -0.15) is 5.26 Å². The fourth-order valence-electron chi connectivity index (χ4n) is 2.90. The van der Waals surface area contributed by atoms with Gasteiger partial charge in [0.2, 0.25) is 0 Å². The molecular weight excluding hydrogens is 200 g/mol. The Labute approximate surface area is 98.4 Å². The molecule has 0 aliphatic carbocycles. The second kappa shape index (κ2) is 4.70. The van der Waals surface area contributed by atoms with Crippen LogP contribution in [0.5, 0.6) is 0 Å². The Bertz CT molecular complexity index is 277. The Morgan fingerprint density at radius 3 is 2.25 bits per heavy atom. The third-order valence-electron chi connectivity index (χ3n) is 3.98. The molecule has 90 valence electrons. The lowest BCUT2D eigenvalue weighted by atomic mass is 9.88. The average Bonchev–Trinajstić information content (AvgIpc) is 2.29. The number of piperidine rings is 1. The monoisotopic (exact) mass is 222 g/mol. The van der Waals surface area contributed by atoms with E-state index < -0.39 is 0 Å². The Kier molecular flexibility index (Phi) is 3.48. The summed E-state index contributed by atoms with van der Waals surface area (Å²) in [7, 11) is 4.28. The van der Waals surface area contributed by atoms with Gasteiger partial charge in [0, 0.05) is 32.7 Å². The molecule has 2 saturated heterocycles. The molecule has 16 heavy (non-hydrogen) atoms. The Balaban J connectivity index is 2.06. The minimum Gasteiger partial charge on any atom is -0.304 e. The van der Waals surface area contributed by atoms with Crippen LogP contribution in [-0.4, -0.2) is 73.6 Å². The standard InChI is InChI=1S/C12H22N4/c1-14-6-8-16(9-7-14)12(10-13)4-3-5-15(2)11-12/h3-9,11H2,1-2H3. The lowest BCUT2D eigenvalue weighted by Crippen LogP contribution is -2.61. The summed E-state index contributed by atoms with van der Waals surface area (Å²) in [6.07, 6.45) is 2.19. The number of rotatable bonds is 1. The Morgan fingerprint density at radius 1 is 1.00 bits per heavy atom. The molecule has 0 spiro atoms. The molecule has 0 aromatic carbocycles. The van der Waals surface area contributed by atoms with Crippen LogP contribution in [0.15, 0.2) is 0 Å². The first-order valence-corrected chi connectivity index (χ1v) is 6.20. The van der Waals surface area contributed by atoms with Crippen molar-refractivity contribution in [3.8, 4) is 6.07 Å². The molecule has 0 amide bonds. The van der Waals surface area contributed by atoms with Crippen molar-refractivity contribution in [1.29, 1.82) is 5.26 Å². The summed E-state index contributed by atoms with van der Waals surface area (Å²) >= 11 is 0. The summed E-state index contributed by atoms with van der Waals surface area (Å²) < 4.78 is 0. The van der Waals surface area contributed by atoms with Crippen molar-refractivity contribution in [1.82, 2.24) is 14.7 Å². The van der Waals surface area contributed by atoms with Crippen molar-refractivity contribution in [3.05, 3.63) is 0 Å². The zero-order valence-electron chi connectivity index (χ0n) is 10.4. The van der Waals surface area contributed by atoms with Crippen molar-refractivity contribution >= 4 is 0 Å². The molecule has 0 N–H and O–H groups in total. The van der Waals surface area contributed by atoms with E-state index in [0.717, 1.165) is 52.1 Å². The van der Waals surface area contributed by atoms with Gasteiger partial charge in [0.1, 0.15) is 5.54 Å². The number of nitriles is 1. The molecule has 2 heterocycles. The van der Waals surface area contributed by atoms with Gasteiger partial charge in [-0.1, -0.05) is 0 Å². The molecule has 0 aromatic rings. The van der Waals surface area contributed by atoms with Crippen LogP contribution < -0.4 is 0 Å². The van der Waals surface area contributed by atoms with E-state index in [1.54, 1.807) is 0 Å². The van der Waals surface area contributed by atoms with Crippen molar-refractivity contribution in [2.75, 3.05) is 53.4 Å². The largest absolute Gasteiger partial charge is 0.304 e. The zero-order valence-corrected chi connectivity index (χ0v) is 10.4. The highest BCUT2D eigenvalue weighted by atomic mass is 15.3. The molecule has 2 fully saturated rings. The van der Waals surface area contributed by atoms with Crippen LogP contribution in [-0.2, 0) is 0 Å². The average molecular weight is 222 g/mol. The molecular formula is C12H22N4. The van der Waals surface area contributed by atoms with E-state index in [0.29, 0.717) is 0 Å². The van der Waals surface area contributed by atoms with Gasteiger partial charge in [-0.25, -0.2) is 0 Å². The zero-order chi connectivity index (χ0) is 11.6. The van der Waals surface area contributed by atoms with Crippen LogP contribution in [0.3, 0.4) is 0 Å². The molecule has 4 nitrogen and oxygen atoms in total. The molecule has 1 atom stereocenters. The van der Waals surface area contributed by atoms with E-state index in [1.807, 2.05) is 0 Å². The smallest absolute Gasteiger partial charge is 0.122 e. The van der Waals surface area contributed by atoms with Gasteiger partial charge in [-0.05, 0) is 33.5 Å². The van der Waals surface area contributed by atoms with Gasteiger partial charge in [0.15, 0.2) is 0 Å². The summed E-state index contributed by atoms with van der Waals surface area (Å²) in [5.74, 6) is 0. The second-order valence-corrected chi connectivity index (χ2v) is 5.28. The van der Waals surface area contributed by atoms with Crippen LogP contribution in [0.1, 0.15) is 12.8 Å². The van der Waals surface area contributed by atoms with Crippen LogP contribution in [0.2, 0.25) is 0 Å². The number of hydrogen-bond donors (Lipinski definition) is 0. The SMILES string of the molecule is CN1CCN(C2(C#N)CCCN(C)C2)CC1. The first-order chi connectivity index (χ1) is 7.66. The molecule has 2 aliphatic rings. The molecule has 4 heteroatoms. The maximum Gasteiger partial charge on any atom is 0.122 e. The molecule has 0 bridgehead atoms. The predicted molar refractivity (Wildman–Crippen MR) is 64.1 cm³/mol. The van der Waals surface area contributed by atoms with Gasteiger partial charge in [0.05, 0.1) is 6.07 Å².